The molecular formula is C19H26N2O3S. The summed E-state index contributed by atoms with van der Waals surface area (Å²) in [6.07, 6.45) is 1.34. The highest BCUT2D eigenvalue weighted by Gasteiger charge is 2.32. The number of nitrogens with zero attached hydrogens (tertiary/aromatic N) is 2. The summed E-state index contributed by atoms with van der Waals surface area (Å²) in [6.45, 7) is 6.98. The Bertz CT molecular complexity index is 610. The van der Waals surface area contributed by atoms with Gasteiger partial charge in [-0.15, -0.1) is 11.8 Å². The van der Waals surface area contributed by atoms with Gasteiger partial charge in [-0.3, -0.25) is 4.79 Å². The number of rotatable bonds is 3. The zero-order valence-corrected chi connectivity index (χ0v) is 15.8. The van der Waals surface area contributed by atoms with Gasteiger partial charge >= 0.3 is 6.09 Å². The largest absolute Gasteiger partial charge is 0.449 e. The summed E-state index contributed by atoms with van der Waals surface area (Å²) in [4.78, 5) is 29.9. The molecule has 0 saturated carbocycles. The van der Waals surface area contributed by atoms with Gasteiger partial charge in [0.15, 0.2) is 0 Å². The molecule has 3 rings (SSSR count). The van der Waals surface area contributed by atoms with Gasteiger partial charge in [0.25, 0.3) is 0 Å². The maximum absolute atomic E-state index is 12.9. The molecule has 6 heteroatoms. The first-order valence-electron chi connectivity index (χ1n) is 8.99. The third-order valence-electron chi connectivity index (χ3n) is 4.53. The molecule has 1 unspecified atom stereocenters. The molecular weight excluding hydrogens is 336 g/mol. The van der Waals surface area contributed by atoms with E-state index >= 15 is 0 Å². The highest BCUT2D eigenvalue weighted by atomic mass is 32.2. The molecule has 0 bridgehead atoms. The van der Waals surface area contributed by atoms with Crippen molar-refractivity contribution in [2.24, 2.45) is 5.92 Å². The van der Waals surface area contributed by atoms with Crippen molar-refractivity contribution in [1.29, 1.82) is 0 Å². The maximum atomic E-state index is 12.9. The van der Waals surface area contributed by atoms with Crippen LogP contribution in [0.1, 0.15) is 25.8 Å². The van der Waals surface area contributed by atoms with Crippen LogP contribution in [0.15, 0.2) is 29.2 Å². The van der Waals surface area contributed by atoms with Crippen molar-refractivity contribution in [2.45, 2.75) is 36.8 Å². The predicted octanol–water partition coefficient (Wildman–Crippen LogP) is 3.03. The molecule has 1 saturated heterocycles. The summed E-state index contributed by atoms with van der Waals surface area (Å²) in [5.41, 5.74) is 1.26. The van der Waals surface area contributed by atoms with E-state index in [2.05, 4.69) is 12.1 Å². The van der Waals surface area contributed by atoms with E-state index in [9.17, 15) is 9.59 Å². The van der Waals surface area contributed by atoms with Gasteiger partial charge in [0, 0.05) is 31.1 Å². The second-order valence-electron chi connectivity index (χ2n) is 7.05. The molecule has 136 valence electrons. The van der Waals surface area contributed by atoms with E-state index in [0.29, 0.717) is 38.7 Å². The van der Waals surface area contributed by atoms with E-state index in [-0.39, 0.29) is 17.3 Å². The lowest BCUT2D eigenvalue weighted by molar-refractivity contribution is -0.130. The topological polar surface area (TPSA) is 49.9 Å². The van der Waals surface area contributed by atoms with Crippen LogP contribution in [-0.2, 0) is 16.0 Å². The van der Waals surface area contributed by atoms with Crippen LogP contribution in [0, 0.1) is 5.92 Å². The van der Waals surface area contributed by atoms with Crippen molar-refractivity contribution >= 4 is 23.8 Å². The van der Waals surface area contributed by atoms with E-state index < -0.39 is 0 Å². The fourth-order valence-electron chi connectivity index (χ4n) is 3.17. The molecule has 1 fully saturated rings. The number of benzene rings is 1. The summed E-state index contributed by atoms with van der Waals surface area (Å²) < 4.78 is 5.32. The van der Waals surface area contributed by atoms with E-state index in [1.54, 1.807) is 16.7 Å². The van der Waals surface area contributed by atoms with Crippen molar-refractivity contribution in [1.82, 2.24) is 9.80 Å². The van der Waals surface area contributed by atoms with E-state index in [4.69, 9.17) is 4.74 Å². The molecule has 1 atom stereocenters. The van der Waals surface area contributed by atoms with Crippen LogP contribution in [-0.4, -0.2) is 59.8 Å². The third-order valence-corrected chi connectivity index (χ3v) is 5.83. The molecule has 5 nitrogen and oxygen atoms in total. The monoisotopic (exact) mass is 362 g/mol. The Morgan fingerprint density at radius 3 is 2.64 bits per heavy atom. The zero-order valence-electron chi connectivity index (χ0n) is 14.9. The van der Waals surface area contributed by atoms with Gasteiger partial charge < -0.3 is 14.5 Å². The van der Waals surface area contributed by atoms with Crippen LogP contribution in [0.5, 0.6) is 0 Å². The van der Waals surface area contributed by atoms with E-state index in [1.807, 2.05) is 30.9 Å². The lowest BCUT2D eigenvalue weighted by atomic mass is 10.1. The van der Waals surface area contributed by atoms with E-state index in [1.165, 1.54) is 10.5 Å². The van der Waals surface area contributed by atoms with Crippen molar-refractivity contribution in [3.8, 4) is 0 Å². The Kier molecular flexibility index (Phi) is 5.89. The number of carbonyl (C=O) groups excluding carboxylic acids is 2. The molecule has 0 N–H and O–H groups in total. The van der Waals surface area contributed by atoms with Crippen molar-refractivity contribution in [3.63, 3.8) is 0 Å². The first kappa shape index (κ1) is 18.1. The highest BCUT2D eigenvalue weighted by Crippen LogP contribution is 2.37. The number of carbonyl (C=O) groups is 2. The molecule has 2 heterocycles. The van der Waals surface area contributed by atoms with Gasteiger partial charge in [-0.2, -0.15) is 0 Å². The summed E-state index contributed by atoms with van der Waals surface area (Å²) >= 11 is 1.67. The van der Waals surface area contributed by atoms with Gasteiger partial charge in [0.2, 0.25) is 5.91 Å². The number of amides is 2. The Morgan fingerprint density at radius 1 is 1.16 bits per heavy atom. The van der Waals surface area contributed by atoms with Crippen LogP contribution in [0.25, 0.3) is 0 Å². The smallest absolute Gasteiger partial charge is 0.409 e. The molecule has 0 aliphatic carbocycles. The fraction of sp³-hybridized carbons (Fsp3) is 0.579. The average molecular weight is 362 g/mol. The normalized spacial score (nSPS) is 20.4. The van der Waals surface area contributed by atoms with E-state index in [0.717, 1.165) is 12.8 Å². The first-order chi connectivity index (χ1) is 12.0. The maximum Gasteiger partial charge on any atom is 0.409 e. The van der Waals surface area contributed by atoms with Crippen LogP contribution in [0.2, 0.25) is 0 Å². The summed E-state index contributed by atoms with van der Waals surface area (Å²) in [5.74, 6) is 0.522. The summed E-state index contributed by atoms with van der Waals surface area (Å²) in [5, 5.41) is -0.0307. The Morgan fingerprint density at radius 2 is 1.88 bits per heavy atom. The molecule has 1 aromatic carbocycles. The molecule has 0 aromatic heterocycles. The first-order valence-corrected chi connectivity index (χ1v) is 9.87. The molecule has 2 aliphatic rings. The van der Waals surface area contributed by atoms with Crippen LogP contribution in [0.3, 0.4) is 0 Å². The minimum Gasteiger partial charge on any atom is -0.449 e. The number of fused-ring (bicyclic) bond motifs is 1. The zero-order chi connectivity index (χ0) is 17.8. The average Bonchev–Trinajstić information content (AvgIpc) is 2.88. The third kappa shape index (κ3) is 4.48. The number of hydrogen-bond acceptors (Lipinski definition) is 4. The minimum absolute atomic E-state index is 0.0307. The quantitative estimate of drug-likeness (QED) is 0.829. The summed E-state index contributed by atoms with van der Waals surface area (Å²) in [6, 6.07) is 8.23. The number of thioether (sulfide) groups is 1. The predicted molar refractivity (Wildman–Crippen MR) is 98.7 cm³/mol. The highest BCUT2D eigenvalue weighted by molar-refractivity contribution is 8.01. The lowest BCUT2D eigenvalue weighted by Gasteiger charge is -2.24. The molecule has 2 amide bonds. The van der Waals surface area contributed by atoms with Crippen LogP contribution in [0.4, 0.5) is 4.79 Å². The fourth-order valence-corrected chi connectivity index (χ4v) is 4.45. The second-order valence-corrected chi connectivity index (χ2v) is 8.30. The number of ether oxygens (including phenoxy) is 1. The van der Waals surface area contributed by atoms with Gasteiger partial charge in [0.1, 0.15) is 0 Å². The van der Waals surface area contributed by atoms with Crippen LogP contribution >= 0.6 is 11.8 Å². The molecule has 2 aliphatic heterocycles. The van der Waals surface area contributed by atoms with Crippen LogP contribution < -0.4 is 0 Å². The molecule has 25 heavy (non-hydrogen) atoms. The van der Waals surface area contributed by atoms with Gasteiger partial charge in [-0.25, -0.2) is 4.79 Å². The Labute approximate surface area is 153 Å². The van der Waals surface area contributed by atoms with Gasteiger partial charge in [0.05, 0.1) is 11.9 Å². The lowest BCUT2D eigenvalue weighted by Crippen LogP contribution is -2.41. The van der Waals surface area contributed by atoms with Crippen molar-refractivity contribution in [2.75, 3.05) is 32.8 Å². The Hall–Kier alpha value is -1.69. The second kappa shape index (κ2) is 8.13. The standard InChI is InChI=1S/C19H26N2O3S/c1-14(2)13-24-19(23)21-9-5-8-20(10-11-21)18(22)17-12-15-6-3-4-7-16(15)25-17/h3-4,6-7,14,17H,5,8-13H2,1-2H3. The Balaban J connectivity index is 1.53. The summed E-state index contributed by atoms with van der Waals surface area (Å²) in [7, 11) is 0. The SMILES string of the molecule is CC(C)COC(=O)N1CCCN(C(=O)C2Cc3ccccc3S2)CC1. The minimum atomic E-state index is -0.259. The van der Waals surface area contributed by atoms with Crippen molar-refractivity contribution in [3.05, 3.63) is 29.8 Å². The van der Waals surface area contributed by atoms with Gasteiger partial charge in [-0.05, 0) is 30.4 Å². The molecule has 1 aromatic rings. The number of hydrogen-bond donors (Lipinski definition) is 0. The van der Waals surface area contributed by atoms with Crippen molar-refractivity contribution < 1.29 is 14.3 Å². The molecule has 0 radical (unpaired) electrons. The van der Waals surface area contributed by atoms with Gasteiger partial charge in [-0.1, -0.05) is 32.0 Å². The molecule has 0 spiro atoms.